The molecule has 0 bridgehead atoms. The van der Waals surface area contributed by atoms with Crippen LogP contribution in [0.25, 0.3) is 121 Å². The fraction of sp³-hybridized carbons (Fsp3) is 0. The third-order valence-corrected chi connectivity index (χ3v) is 13.5. The molecule has 0 amide bonds. The van der Waals surface area contributed by atoms with Gasteiger partial charge in [-0.05, 0) is 78.4 Å². The van der Waals surface area contributed by atoms with Crippen LogP contribution in [-0.4, -0.2) is 23.3 Å². The van der Waals surface area contributed by atoms with Crippen LogP contribution >= 0.6 is 0 Å². The Labute approximate surface area is 367 Å². The van der Waals surface area contributed by atoms with Crippen LogP contribution in [0.5, 0.6) is 0 Å². The molecule has 0 aliphatic carbocycles. The maximum absolute atomic E-state index is 4.67. The van der Waals surface area contributed by atoms with E-state index in [1.165, 1.54) is 32.3 Å². The maximum Gasteiger partial charge on any atom is 0.0953 e. The minimum atomic E-state index is 1.09. The Hall–Kier alpha value is -8.67. The van der Waals surface area contributed by atoms with Crippen LogP contribution in [0.2, 0.25) is 0 Å². The molecule has 0 aliphatic rings. The minimum Gasteiger partial charge on any atom is -0.309 e. The van der Waals surface area contributed by atoms with Gasteiger partial charge in [-0.1, -0.05) is 140 Å². The lowest BCUT2D eigenvalue weighted by atomic mass is 9.98. The molecule has 0 fully saturated rings. The molecule has 0 saturated carbocycles. The molecule has 0 radical (unpaired) electrons. The van der Waals surface area contributed by atoms with E-state index in [0.29, 0.717) is 0 Å². The predicted molar refractivity (Wildman–Crippen MR) is 267 cm³/mol. The number of para-hydroxylation sites is 7. The van der Waals surface area contributed by atoms with Crippen LogP contribution in [0.4, 0.5) is 0 Å². The normalized spacial score (nSPS) is 12.1. The van der Waals surface area contributed by atoms with Crippen molar-refractivity contribution in [3.8, 4) is 33.9 Å². The first-order valence-electron chi connectivity index (χ1n) is 21.9. The minimum absolute atomic E-state index is 1.09. The molecule has 5 heteroatoms. The summed E-state index contributed by atoms with van der Waals surface area (Å²) in [6.07, 6.45) is 3.91. The first-order chi connectivity index (χ1) is 31.8. The summed E-state index contributed by atoms with van der Waals surface area (Å²) in [5, 5.41) is 9.58. The molecule has 0 atom stereocenters. The van der Waals surface area contributed by atoms with Gasteiger partial charge in [0.05, 0.1) is 61.2 Å². The highest BCUT2D eigenvalue weighted by molar-refractivity contribution is 6.15. The fourth-order valence-electron chi connectivity index (χ4n) is 10.8. The SMILES string of the molecule is c1ccc(-n2c3ccncc3c3cc(-c4ccc(-n5c6ccccc6c6ccccc65)c(-n5c6ccccc6c6ccccc65)c4-n4c5ccccc5c5ccccc54)ccc32)cc1. The van der Waals surface area contributed by atoms with E-state index in [2.05, 4.69) is 236 Å². The largest absolute Gasteiger partial charge is 0.309 e. The molecule has 5 heterocycles. The lowest BCUT2D eigenvalue weighted by Crippen LogP contribution is -2.10. The molecule has 0 N–H and O–H groups in total. The Kier molecular flexibility index (Phi) is 7.33. The average molecular weight is 816 g/mol. The van der Waals surface area contributed by atoms with Crippen molar-refractivity contribution in [2.24, 2.45) is 0 Å². The molecule has 14 rings (SSSR count). The van der Waals surface area contributed by atoms with E-state index in [1.807, 2.05) is 12.4 Å². The summed E-state index contributed by atoms with van der Waals surface area (Å²) in [7, 11) is 0. The highest BCUT2D eigenvalue weighted by Gasteiger charge is 2.28. The second-order valence-electron chi connectivity index (χ2n) is 16.7. The van der Waals surface area contributed by atoms with Gasteiger partial charge in [-0.3, -0.25) is 4.98 Å². The van der Waals surface area contributed by atoms with Crippen LogP contribution < -0.4 is 0 Å². The van der Waals surface area contributed by atoms with Crippen molar-refractivity contribution >= 4 is 87.2 Å². The van der Waals surface area contributed by atoms with E-state index >= 15 is 0 Å². The van der Waals surface area contributed by atoms with Gasteiger partial charge in [-0.15, -0.1) is 0 Å². The highest BCUT2D eigenvalue weighted by atomic mass is 15.1. The molecule has 5 aromatic heterocycles. The fourth-order valence-corrected chi connectivity index (χ4v) is 10.8. The average Bonchev–Trinajstić information content (AvgIpc) is 4.09. The zero-order chi connectivity index (χ0) is 41.9. The van der Waals surface area contributed by atoms with Crippen molar-refractivity contribution in [3.05, 3.63) is 225 Å². The molecule has 0 unspecified atom stereocenters. The molecular formula is C59H37N5. The predicted octanol–water partition coefficient (Wildman–Crippen LogP) is 15.1. The van der Waals surface area contributed by atoms with E-state index < -0.39 is 0 Å². The van der Waals surface area contributed by atoms with Crippen LogP contribution in [0, 0.1) is 0 Å². The van der Waals surface area contributed by atoms with Gasteiger partial charge in [0.2, 0.25) is 0 Å². The first-order valence-corrected chi connectivity index (χ1v) is 21.9. The summed E-state index contributed by atoms with van der Waals surface area (Å²) < 4.78 is 9.93. The number of hydrogen-bond acceptors (Lipinski definition) is 1. The Morgan fingerprint density at radius 2 is 0.703 bits per heavy atom. The van der Waals surface area contributed by atoms with Gasteiger partial charge < -0.3 is 18.3 Å². The summed E-state index contributed by atoms with van der Waals surface area (Å²) >= 11 is 0. The lowest BCUT2D eigenvalue weighted by Gasteiger charge is -2.25. The molecule has 0 saturated heterocycles. The number of hydrogen-bond donors (Lipinski definition) is 0. The van der Waals surface area contributed by atoms with Crippen LogP contribution in [0.3, 0.4) is 0 Å². The maximum atomic E-state index is 4.67. The molecule has 0 spiro atoms. The lowest BCUT2D eigenvalue weighted by molar-refractivity contribution is 1.05. The molecule has 64 heavy (non-hydrogen) atoms. The van der Waals surface area contributed by atoms with Crippen molar-refractivity contribution in [1.29, 1.82) is 0 Å². The second-order valence-corrected chi connectivity index (χ2v) is 16.7. The van der Waals surface area contributed by atoms with Crippen LogP contribution in [-0.2, 0) is 0 Å². The number of fused-ring (bicyclic) bond motifs is 12. The third kappa shape index (κ3) is 4.81. The van der Waals surface area contributed by atoms with Crippen molar-refractivity contribution in [2.45, 2.75) is 0 Å². The zero-order valence-corrected chi connectivity index (χ0v) is 34.6. The topological polar surface area (TPSA) is 32.6 Å². The van der Waals surface area contributed by atoms with Gasteiger partial charge in [0.15, 0.2) is 0 Å². The standard InChI is InChI=1S/C59H37N5/c1-2-16-39(17-3-1)61-55-32-30-38(36-47(55)48-37-60-35-34-56(48)61)40-31-33-57(62-49-24-10-4-18-41(49)42-19-5-11-25-50(42)62)59(64-53-28-14-8-22-45(53)46-23-9-15-29-54(46)64)58(40)63-51-26-12-6-20-43(51)44-21-7-13-27-52(44)63/h1-37H. The van der Waals surface area contributed by atoms with Crippen molar-refractivity contribution in [3.63, 3.8) is 0 Å². The van der Waals surface area contributed by atoms with Gasteiger partial charge in [0, 0.05) is 66.7 Å². The Morgan fingerprint density at radius 1 is 0.281 bits per heavy atom. The van der Waals surface area contributed by atoms with E-state index in [9.17, 15) is 0 Å². The molecule has 298 valence electrons. The monoisotopic (exact) mass is 815 g/mol. The van der Waals surface area contributed by atoms with E-state index in [1.54, 1.807) is 0 Å². The summed E-state index contributed by atoms with van der Waals surface area (Å²) in [5.74, 6) is 0. The van der Waals surface area contributed by atoms with Crippen LogP contribution in [0.1, 0.15) is 0 Å². The van der Waals surface area contributed by atoms with Crippen molar-refractivity contribution in [1.82, 2.24) is 23.3 Å². The molecule has 9 aromatic carbocycles. The van der Waals surface area contributed by atoms with E-state index in [0.717, 1.165) is 88.8 Å². The molecule has 0 aliphatic heterocycles. The summed E-state index contributed by atoms with van der Waals surface area (Å²) in [6, 6.07) is 77.7. The number of rotatable bonds is 5. The van der Waals surface area contributed by atoms with Crippen LogP contribution in [0.15, 0.2) is 225 Å². The van der Waals surface area contributed by atoms with E-state index in [-0.39, 0.29) is 0 Å². The second kappa shape index (κ2) is 13.4. The summed E-state index contributed by atoms with van der Waals surface area (Å²) in [5.41, 5.74) is 15.9. The van der Waals surface area contributed by atoms with Gasteiger partial charge in [-0.25, -0.2) is 0 Å². The molecule has 14 aromatic rings. The first kappa shape index (κ1) is 35.0. The smallest absolute Gasteiger partial charge is 0.0953 e. The molecule has 5 nitrogen and oxygen atoms in total. The highest BCUT2D eigenvalue weighted by Crippen LogP contribution is 2.47. The Morgan fingerprint density at radius 3 is 1.22 bits per heavy atom. The van der Waals surface area contributed by atoms with Crippen molar-refractivity contribution in [2.75, 3.05) is 0 Å². The Bertz CT molecular complexity index is 4040. The number of nitrogens with zero attached hydrogens (tertiary/aromatic N) is 5. The summed E-state index contributed by atoms with van der Waals surface area (Å²) in [6.45, 7) is 0. The number of benzene rings is 9. The van der Waals surface area contributed by atoms with Gasteiger partial charge in [-0.2, -0.15) is 0 Å². The summed E-state index contributed by atoms with van der Waals surface area (Å²) in [4.78, 5) is 4.67. The van der Waals surface area contributed by atoms with Crippen molar-refractivity contribution < 1.29 is 0 Å². The van der Waals surface area contributed by atoms with Gasteiger partial charge in [0.1, 0.15) is 0 Å². The quantitative estimate of drug-likeness (QED) is 0.170. The number of aromatic nitrogens is 5. The molecular weight excluding hydrogens is 779 g/mol. The van der Waals surface area contributed by atoms with E-state index in [4.69, 9.17) is 0 Å². The van der Waals surface area contributed by atoms with Gasteiger partial charge in [0.25, 0.3) is 0 Å². The zero-order valence-electron chi connectivity index (χ0n) is 34.6. The number of pyridine rings is 1. The third-order valence-electron chi connectivity index (χ3n) is 13.5. The Balaban J connectivity index is 1.21. The van der Waals surface area contributed by atoms with Gasteiger partial charge >= 0.3 is 0 Å².